The number of carbonyl (C=O) groups excluding carboxylic acids is 3. The Kier molecular flexibility index (Phi) is 7.79. The van der Waals surface area contributed by atoms with E-state index in [1.54, 1.807) is 13.0 Å². The van der Waals surface area contributed by atoms with E-state index in [0.29, 0.717) is 24.8 Å². The molecule has 0 radical (unpaired) electrons. The number of hydrogen-bond acceptors (Lipinski definition) is 7. The summed E-state index contributed by atoms with van der Waals surface area (Å²) in [6.45, 7) is 10.2. The maximum absolute atomic E-state index is 12.6. The molecule has 0 aromatic carbocycles. The lowest BCUT2D eigenvalue weighted by atomic mass is 9.83. The number of fused-ring (bicyclic) bond motifs is 1. The van der Waals surface area contributed by atoms with Gasteiger partial charge in [0.15, 0.2) is 12.2 Å². The second kappa shape index (κ2) is 9.87. The van der Waals surface area contributed by atoms with Gasteiger partial charge in [0.25, 0.3) is 0 Å². The first kappa shape index (κ1) is 22.9. The molecule has 7 heteroatoms. The van der Waals surface area contributed by atoms with Crippen molar-refractivity contribution in [1.29, 1.82) is 0 Å². The van der Waals surface area contributed by atoms with Crippen LogP contribution in [0.15, 0.2) is 35.5 Å². The van der Waals surface area contributed by atoms with Gasteiger partial charge in [0.2, 0.25) is 0 Å². The van der Waals surface area contributed by atoms with Crippen molar-refractivity contribution >= 4 is 17.9 Å². The molecule has 0 unspecified atom stereocenters. The zero-order valence-corrected chi connectivity index (χ0v) is 17.5. The monoisotopic (exact) mass is 406 g/mol. The lowest BCUT2D eigenvalue weighted by molar-refractivity contribution is -0.171. The van der Waals surface area contributed by atoms with Crippen LogP contribution < -0.4 is 0 Å². The fourth-order valence-corrected chi connectivity index (χ4v) is 3.52. The summed E-state index contributed by atoms with van der Waals surface area (Å²) in [5, 5.41) is 9.95. The van der Waals surface area contributed by atoms with Crippen molar-refractivity contribution in [2.45, 2.75) is 65.3 Å². The van der Waals surface area contributed by atoms with E-state index in [1.165, 1.54) is 6.92 Å². The molecule has 1 aliphatic carbocycles. The Morgan fingerprint density at radius 2 is 2.07 bits per heavy atom. The van der Waals surface area contributed by atoms with Crippen molar-refractivity contribution in [1.82, 2.24) is 0 Å². The molecule has 1 heterocycles. The topological polar surface area (TPSA) is 99.1 Å². The van der Waals surface area contributed by atoms with Gasteiger partial charge in [-0.05, 0) is 37.8 Å². The Morgan fingerprint density at radius 1 is 1.38 bits per heavy atom. The van der Waals surface area contributed by atoms with Gasteiger partial charge in [0, 0.05) is 12.5 Å². The predicted molar refractivity (Wildman–Crippen MR) is 106 cm³/mol. The van der Waals surface area contributed by atoms with Gasteiger partial charge in [-0.15, -0.1) is 0 Å². The van der Waals surface area contributed by atoms with Gasteiger partial charge in [0.1, 0.15) is 6.10 Å². The van der Waals surface area contributed by atoms with Crippen LogP contribution >= 0.6 is 0 Å². The van der Waals surface area contributed by atoms with Crippen LogP contribution in [0.5, 0.6) is 0 Å². The van der Waals surface area contributed by atoms with Gasteiger partial charge in [-0.1, -0.05) is 32.1 Å². The third kappa shape index (κ3) is 5.35. The van der Waals surface area contributed by atoms with Crippen molar-refractivity contribution in [2.75, 3.05) is 6.61 Å². The van der Waals surface area contributed by atoms with E-state index >= 15 is 0 Å². The number of aliphatic hydroxyl groups is 1. The zero-order valence-electron chi connectivity index (χ0n) is 17.5. The molecule has 0 saturated carbocycles. The Labute approximate surface area is 171 Å². The number of aliphatic hydroxyl groups excluding tert-OH is 1. The summed E-state index contributed by atoms with van der Waals surface area (Å²) in [6.07, 6.45) is 2.66. The summed E-state index contributed by atoms with van der Waals surface area (Å²) < 4.78 is 16.8. The normalized spacial score (nSPS) is 32.0. The molecule has 7 nitrogen and oxygen atoms in total. The molecule has 1 fully saturated rings. The molecular formula is C22H30O7. The molecule has 2 aliphatic rings. The molecule has 160 valence electrons. The minimum atomic E-state index is -1.05. The summed E-state index contributed by atoms with van der Waals surface area (Å²) in [5.74, 6) is -2.76. The molecule has 29 heavy (non-hydrogen) atoms. The second-order valence-corrected chi connectivity index (χ2v) is 7.65. The average Bonchev–Trinajstić information content (AvgIpc) is 2.93. The van der Waals surface area contributed by atoms with E-state index in [-0.39, 0.29) is 18.1 Å². The van der Waals surface area contributed by atoms with Crippen molar-refractivity contribution in [3.63, 3.8) is 0 Å². The second-order valence-electron chi connectivity index (χ2n) is 7.65. The first-order chi connectivity index (χ1) is 13.7. The smallest absolute Gasteiger partial charge is 0.334 e. The highest BCUT2D eigenvalue weighted by molar-refractivity contribution is 5.91. The maximum Gasteiger partial charge on any atom is 0.334 e. The highest BCUT2D eigenvalue weighted by Gasteiger charge is 2.49. The minimum Gasteiger partial charge on any atom is -0.457 e. The van der Waals surface area contributed by atoms with Crippen LogP contribution in [0.2, 0.25) is 0 Å². The number of ether oxygens (including phenoxy) is 3. The number of carbonyl (C=O) groups is 3. The van der Waals surface area contributed by atoms with E-state index in [4.69, 9.17) is 14.2 Å². The van der Waals surface area contributed by atoms with Gasteiger partial charge in [-0.3, -0.25) is 9.59 Å². The number of rotatable bonds is 5. The highest BCUT2D eigenvalue weighted by Crippen LogP contribution is 2.37. The molecule has 1 N–H and O–H groups in total. The SMILES string of the molecule is C=C1C(=O)O[C@@H]2/C=C(/C)CC/C=C(/CO)[C@H](OC(C)=O)[C@@H](OC(=O)[C@@H](C)CC)[C@@H]12. The first-order valence-electron chi connectivity index (χ1n) is 9.94. The Bertz CT molecular complexity index is 733. The molecule has 0 amide bonds. The quantitative estimate of drug-likeness (QED) is 0.324. The van der Waals surface area contributed by atoms with E-state index in [0.717, 1.165) is 5.57 Å². The summed E-state index contributed by atoms with van der Waals surface area (Å²) in [4.78, 5) is 36.8. The van der Waals surface area contributed by atoms with Gasteiger partial charge >= 0.3 is 17.9 Å². The third-order valence-electron chi connectivity index (χ3n) is 5.42. The lowest BCUT2D eigenvalue weighted by Gasteiger charge is -2.34. The van der Waals surface area contributed by atoms with Crippen LogP contribution in [-0.4, -0.2) is 47.9 Å². The van der Waals surface area contributed by atoms with Crippen LogP contribution in [0.4, 0.5) is 0 Å². The maximum atomic E-state index is 12.6. The molecular weight excluding hydrogens is 376 g/mol. The Morgan fingerprint density at radius 3 is 2.66 bits per heavy atom. The Hall–Kier alpha value is -2.41. The van der Waals surface area contributed by atoms with Crippen LogP contribution in [-0.2, 0) is 28.6 Å². The van der Waals surface area contributed by atoms with Gasteiger partial charge in [-0.25, -0.2) is 4.79 Å². The van der Waals surface area contributed by atoms with E-state index in [1.807, 2.05) is 19.9 Å². The van der Waals surface area contributed by atoms with Crippen LogP contribution in [0, 0.1) is 11.8 Å². The zero-order chi connectivity index (χ0) is 21.7. The van der Waals surface area contributed by atoms with Crippen molar-refractivity contribution in [2.24, 2.45) is 11.8 Å². The fraction of sp³-hybridized carbons (Fsp3) is 0.591. The predicted octanol–water partition coefficient (Wildman–Crippen LogP) is 2.63. The van der Waals surface area contributed by atoms with E-state index < -0.39 is 42.1 Å². The molecule has 2 rings (SSSR count). The standard InChI is InChI=1S/C22H30O7/c1-6-13(3)21(25)29-20-18-14(4)22(26)28-17(18)10-12(2)8-7-9-16(11-23)19(20)27-15(5)24/h9-10,13,17-20,23H,4,6-8,11H2,1-3,5H3/b12-10-,16-9-/t13-,17+,18-,19-,20-/m0/s1. The third-order valence-corrected chi connectivity index (χ3v) is 5.42. The van der Waals surface area contributed by atoms with Crippen LogP contribution in [0.3, 0.4) is 0 Å². The van der Waals surface area contributed by atoms with Crippen LogP contribution in [0.25, 0.3) is 0 Å². The van der Waals surface area contributed by atoms with Gasteiger partial charge in [0.05, 0.1) is 18.4 Å². The summed E-state index contributed by atoms with van der Waals surface area (Å²) in [5.41, 5.74) is 1.56. The van der Waals surface area contributed by atoms with Crippen molar-refractivity contribution < 1.29 is 33.7 Å². The number of esters is 3. The number of hydrogen-bond donors (Lipinski definition) is 1. The molecule has 1 saturated heterocycles. The van der Waals surface area contributed by atoms with E-state index in [9.17, 15) is 19.5 Å². The Balaban J connectivity index is 2.59. The highest BCUT2D eigenvalue weighted by atomic mass is 16.6. The molecule has 5 atom stereocenters. The van der Waals surface area contributed by atoms with Crippen molar-refractivity contribution in [3.8, 4) is 0 Å². The van der Waals surface area contributed by atoms with Crippen LogP contribution in [0.1, 0.15) is 47.0 Å². The molecule has 0 aromatic heterocycles. The number of allylic oxidation sites excluding steroid dienone is 2. The summed E-state index contributed by atoms with van der Waals surface area (Å²) in [6, 6.07) is 0. The van der Waals surface area contributed by atoms with Crippen molar-refractivity contribution in [3.05, 3.63) is 35.5 Å². The minimum absolute atomic E-state index is 0.149. The molecule has 0 bridgehead atoms. The van der Waals surface area contributed by atoms with Gasteiger partial charge < -0.3 is 19.3 Å². The fourth-order valence-electron chi connectivity index (χ4n) is 3.52. The van der Waals surface area contributed by atoms with Gasteiger partial charge in [-0.2, -0.15) is 0 Å². The molecule has 1 aliphatic heterocycles. The molecule has 0 spiro atoms. The largest absolute Gasteiger partial charge is 0.457 e. The molecule has 0 aromatic rings. The summed E-state index contributed by atoms with van der Waals surface area (Å²) in [7, 11) is 0. The average molecular weight is 406 g/mol. The lowest BCUT2D eigenvalue weighted by Crippen LogP contribution is -2.46. The summed E-state index contributed by atoms with van der Waals surface area (Å²) >= 11 is 0. The first-order valence-corrected chi connectivity index (χ1v) is 9.94. The van der Waals surface area contributed by atoms with E-state index in [2.05, 4.69) is 6.58 Å².